The van der Waals surface area contributed by atoms with Crippen LogP contribution in [0.4, 0.5) is 5.95 Å². The molecule has 1 aliphatic heterocycles. The lowest BCUT2D eigenvalue weighted by molar-refractivity contribution is -0.157. The van der Waals surface area contributed by atoms with Gasteiger partial charge in [-0.15, -0.1) is 10.2 Å². The zero-order valence-corrected chi connectivity index (χ0v) is 28.2. The van der Waals surface area contributed by atoms with Gasteiger partial charge in [0, 0.05) is 30.5 Å². The van der Waals surface area contributed by atoms with Gasteiger partial charge in [-0.05, 0) is 91.0 Å². The molecule has 2 unspecified atom stereocenters. The van der Waals surface area contributed by atoms with Crippen molar-refractivity contribution < 1.29 is 28.2 Å². The number of amides is 1. The molecule has 14 heteroatoms. The van der Waals surface area contributed by atoms with Gasteiger partial charge in [-0.25, -0.2) is 4.79 Å². The smallest absolute Gasteiger partial charge is 0.328 e. The number of nitrogens with zero attached hydrogens (tertiary/aromatic N) is 5. The fraction of sp³-hybridized carbons (Fsp3) is 0.500. The highest BCUT2D eigenvalue weighted by molar-refractivity contribution is 14.2. The molecular formula is C28H36IN5O6S2. The van der Waals surface area contributed by atoms with Crippen molar-refractivity contribution in [2.24, 2.45) is 0 Å². The lowest BCUT2D eigenvalue weighted by atomic mass is 10.0. The predicted molar refractivity (Wildman–Crippen MR) is 174 cm³/mol. The number of anilines is 1. The molecular weight excluding hydrogens is 693 g/mol. The molecule has 228 valence electrons. The summed E-state index contributed by atoms with van der Waals surface area (Å²) in [6.45, 7) is 6.99. The van der Waals surface area contributed by atoms with E-state index >= 15 is 0 Å². The van der Waals surface area contributed by atoms with Crippen LogP contribution in [-0.2, 0) is 14.3 Å². The molecule has 2 aromatic heterocycles. The zero-order valence-electron chi connectivity index (χ0n) is 24.4. The minimum absolute atomic E-state index is 0.0291. The van der Waals surface area contributed by atoms with Gasteiger partial charge in [0.1, 0.15) is 29.0 Å². The van der Waals surface area contributed by atoms with Gasteiger partial charge < -0.3 is 23.5 Å². The van der Waals surface area contributed by atoms with E-state index in [-0.39, 0.29) is 23.7 Å². The summed E-state index contributed by atoms with van der Waals surface area (Å²) < 4.78 is 26.8. The molecule has 0 aliphatic carbocycles. The minimum atomic E-state index is -0.567. The van der Waals surface area contributed by atoms with Crippen LogP contribution in [0.5, 0.6) is 11.5 Å². The second-order valence-corrected chi connectivity index (χ2v) is 13.6. The predicted octanol–water partition coefficient (Wildman–Crippen LogP) is 5.72. The summed E-state index contributed by atoms with van der Waals surface area (Å²) in [7, 11) is 4.90. The molecule has 0 bridgehead atoms. The van der Waals surface area contributed by atoms with Crippen molar-refractivity contribution in [2.75, 3.05) is 44.0 Å². The monoisotopic (exact) mass is 729 g/mol. The van der Waals surface area contributed by atoms with Crippen LogP contribution in [0, 0.1) is 6.92 Å². The fourth-order valence-electron chi connectivity index (χ4n) is 4.89. The van der Waals surface area contributed by atoms with Crippen LogP contribution in [-0.4, -0.2) is 82.5 Å². The molecule has 0 N–H and O–H groups in total. The number of aryl methyl sites for hydroxylation is 1. The van der Waals surface area contributed by atoms with Gasteiger partial charge in [-0.2, -0.15) is 0 Å². The molecule has 1 saturated heterocycles. The summed E-state index contributed by atoms with van der Waals surface area (Å²) in [6.07, 6.45) is 1.71. The Hall–Kier alpha value is -2.59. The maximum atomic E-state index is 12.9. The van der Waals surface area contributed by atoms with Crippen LogP contribution < -0.4 is 13.8 Å². The highest BCUT2D eigenvalue weighted by Crippen LogP contribution is 2.40. The minimum Gasteiger partial charge on any atom is -0.494 e. The summed E-state index contributed by atoms with van der Waals surface area (Å²) in [5.74, 6) is 3.94. The molecule has 0 spiro atoms. The highest BCUT2D eigenvalue weighted by Gasteiger charge is 2.36. The van der Waals surface area contributed by atoms with Crippen molar-refractivity contribution in [1.82, 2.24) is 19.7 Å². The Balaban J connectivity index is 1.74. The normalized spacial score (nSPS) is 15.9. The molecule has 1 aromatic carbocycles. The van der Waals surface area contributed by atoms with Crippen molar-refractivity contribution >= 4 is 59.9 Å². The van der Waals surface area contributed by atoms with Crippen LogP contribution in [0.2, 0.25) is 0 Å². The van der Waals surface area contributed by atoms with Crippen molar-refractivity contribution in [3.05, 3.63) is 36.1 Å². The lowest BCUT2D eigenvalue weighted by Crippen LogP contribution is -2.51. The Morgan fingerprint density at radius 3 is 2.57 bits per heavy atom. The summed E-state index contributed by atoms with van der Waals surface area (Å²) >= 11 is 3.82. The number of halogens is 1. The van der Waals surface area contributed by atoms with Crippen molar-refractivity contribution in [2.45, 2.75) is 51.3 Å². The molecule has 1 amide bonds. The summed E-state index contributed by atoms with van der Waals surface area (Å²) in [4.78, 5) is 27.3. The number of para-hydroxylation sites is 1. The third-order valence-corrected chi connectivity index (χ3v) is 9.48. The van der Waals surface area contributed by atoms with Crippen LogP contribution in [0.15, 0.2) is 34.7 Å². The molecule has 1 fully saturated rings. The number of methoxy groups -OCH3 is 2. The first kappa shape index (κ1) is 32.3. The Morgan fingerprint density at radius 1 is 1.21 bits per heavy atom. The Kier molecular flexibility index (Phi) is 11.7. The number of hydrogen-bond acceptors (Lipinski definition) is 11. The number of piperidine rings is 1. The Labute approximate surface area is 266 Å². The average molecular weight is 730 g/mol. The van der Waals surface area contributed by atoms with E-state index in [2.05, 4.69) is 35.7 Å². The second kappa shape index (κ2) is 15.2. The van der Waals surface area contributed by atoms with Crippen LogP contribution in [0.1, 0.15) is 38.9 Å². The van der Waals surface area contributed by atoms with E-state index < -0.39 is 6.04 Å². The Morgan fingerprint density at radius 2 is 1.95 bits per heavy atom. The van der Waals surface area contributed by atoms with E-state index in [1.165, 1.54) is 0 Å². The topological polar surface area (TPSA) is 112 Å². The third kappa shape index (κ3) is 7.30. The molecule has 1 aliphatic rings. The maximum absolute atomic E-state index is 12.9. The van der Waals surface area contributed by atoms with Crippen molar-refractivity contribution in [1.29, 1.82) is 0 Å². The first-order chi connectivity index (χ1) is 20.3. The lowest BCUT2D eigenvalue weighted by Gasteiger charge is -2.36. The molecule has 42 heavy (non-hydrogen) atoms. The van der Waals surface area contributed by atoms with Gasteiger partial charge in [0.15, 0.2) is 5.76 Å². The highest BCUT2D eigenvalue weighted by atomic mass is 127. The van der Waals surface area contributed by atoms with Gasteiger partial charge in [-0.1, -0.05) is 15.0 Å². The first-order valence-corrected chi connectivity index (χ1v) is 18.1. The van der Waals surface area contributed by atoms with Crippen LogP contribution >= 0.6 is 42.1 Å². The maximum Gasteiger partial charge on any atom is 0.328 e. The van der Waals surface area contributed by atoms with Gasteiger partial charge in [0.25, 0.3) is 0 Å². The third-order valence-electron chi connectivity index (χ3n) is 6.71. The number of furan rings is 1. The zero-order chi connectivity index (χ0) is 30.2. The number of carbonyl (C=O) groups excluding carboxylic acids is 2. The van der Waals surface area contributed by atoms with E-state index in [1.807, 2.05) is 48.7 Å². The number of benzene rings is 1. The molecule has 0 radical (unpaired) electrons. The van der Waals surface area contributed by atoms with E-state index in [1.54, 1.807) is 46.9 Å². The van der Waals surface area contributed by atoms with Crippen molar-refractivity contribution in [3.8, 4) is 28.8 Å². The standard InChI is InChI=1S/C28H36IN5O6S2/c1-6-39-27(36)20-9-7-12-24(35)32(20)17-19(3)42-33(15-16-41-29)28-31-30-26(23-14-13-18(2)40-23)34(28)25-21(37-4)10-8-11-22(25)38-5/h8,10-11,13-14,19-20H,6-7,9,12,15-17H2,1-5H3. The molecule has 3 heterocycles. The van der Waals surface area contributed by atoms with Gasteiger partial charge >= 0.3 is 5.97 Å². The quantitative estimate of drug-likeness (QED) is 0.115. The summed E-state index contributed by atoms with van der Waals surface area (Å²) in [5, 5.41) is 9.13. The van der Waals surface area contributed by atoms with Crippen molar-refractivity contribution in [3.63, 3.8) is 0 Å². The number of likely N-dealkylation sites (tertiary alicyclic amines) is 1. The van der Waals surface area contributed by atoms with Gasteiger partial charge in [-0.3, -0.25) is 13.7 Å². The Bertz CT molecular complexity index is 1350. The first-order valence-electron chi connectivity index (χ1n) is 13.7. The van der Waals surface area contributed by atoms with Gasteiger partial charge in [0.2, 0.25) is 17.7 Å². The molecule has 11 nitrogen and oxygen atoms in total. The SMILES string of the molecule is CCOC(=O)C1CCCC(=O)N1CC(C)SN(CCSI)c1nnc(-c2ccc(C)o2)n1-c1c(OC)cccc1OC. The van der Waals surface area contributed by atoms with Crippen LogP contribution in [0.25, 0.3) is 17.3 Å². The molecule has 0 saturated carbocycles. The molecule has 3 aromatic rings. The summed E-state index contributed by atoms with van der Waals surface area (Å²) in [5.41, 5.74) is 0.639. The summed E-state index contributed by atoms with van der Waals surface area (Å²) in [6, 6.07) is 8.75. The molecule has 4 rings (SSSR count). The number of carbonyl (C=O) groups is 2. The average Bonchev–Trinajstić information content (AvgIpc) is 3.62. The van der Waals surface area contributed by atoms with E-state index in [0.717, 1.165) is 11.5 Å². The fourth-order valence-corrected chi connectivity index (χ4v) is 6.92. The second-order valence-electron chi connectivity index (χ2n) is 9.62. The number of ether oxygens (including phenoxy) is 3. The van der Waals surface area contributed by atoms with E-state index in [9.17, 15) is 9.59 Å². The van der Waals surface area contributed by atoms with Gasteiger partial charge in [0.05, 0.1) is 20.8 Å². The van der Waals surface area contributed by atoms with E-state index in [0.29, 0.717) is 67.1 Å². The largest absolute Gasteiger partial charge is 0.494 e. The van der Waals surface area contributed by atoms with Crippen LogP contribution in [0.3, 0.4) is 0 Å². The number of rotatable bonds is 14. The molecule has 2 atom stereocenters. The number of esters is 1. The van der Waals surface area contributed by atoms with E-state index in [4.69, 9.17) is 18.6 Å². The number of aromatic nitrogens is 3. The number of hydrogen-bond donors (Lipinski definition) is 0.